The number of hydrogen-bond acceptors (Lipinski definition) is 4. The van der Waals surface area contributed by atoms with E-state index in [1.807, 2.05) is 4.90 Å². The predicted octanol–water partition coefficient (Wildman–Crippen LogP) is 0.292. The maximum atomic E-state index is 11.6. The van der Waals surface area contributed by atoms with Crippen molar-refractivity contribution in [2.45, 2.75) is 13.0 Å². The van der Waals surface area contributed by atoms with Gasteiger partial charge in [-0.1, -0.05) is 0 Å². The Morgan fingerprint density at radius 1 is 1.56 bits per heavy atom. The smallest absolute Gasteiger partial charge is 0.337 e. The minimum absolute atomic E-state index is 0.0397. The lowest BCUT2D eigenvalue weighted by Crippen LogP contribution is -2.54. The molecular weight excluding hydrogens is 234 g/mol. The molecule has 18 heavy (non-hydrogen) atoms. The molecule has 0 aromatic heterocycles. The van der Waals surface area contributed by atoms with Crippen LogP contribution in [0.5, 0.6) is 0 Å². The zero-order valence-electron chi connectivity index (χ0n) is 10.0. The van der Waals surface area contributed by atoms with E-state index in [2.05, 4.69) is 5.32 Å². The second kappa shape index (κ2) is 4.56. The fourth-order valence-electron chi connectivity index (χ4n) is 2.06. The molecule has 6 nitrogen and oxygen atoms in total. The number of aromatic carboxylic acids is 1. The average Bonchev–Trinajstić information content (AvgIpc) is 2.32. The molecule has 1 amide bonds. The van der Waals surface area contributed by atoms with E-state index in [-0.39, 0.29) is 23.2 Å². The first-order chi connectivity index (χ1) is 8.50. The Bertz CT molecular complexity index is 501. The number of amides is 1. The monoisotopic (exact) mass is 249 g/mol. The zero-order valence-corrected chi connectivity index (χ0v) is 10.0. The highest BCUT2D eigenvalue weighted by Gasteiger charge is 2.26. The van der Waals surface area contributed by atoms with Crippen LogP contribution in [-0.2, 0) is 4.79 Å². The molecular formula is C12H15N3O3. The standard InChI is InChI=1S/C12H15N3O3/c1-7-11(16)14-4-5-15(7)8-2-3-9(12(17)18)10(13)6-8/h2-3,6-7H,4-5,13H2,1H3,(H,14,16)(H,17,18). The lowest BCUT2D eigenvalue weighted by molar-refractivity contribution is -0.122. The first kappa shape index (κ1) is 12.2. The van der Waals surface area contributed by atoms with Crippen LogP contribution in [0.15, 0.2) is 18.2 Å². The number of hydrogen-bond donors (Lipinski definition) is 3. The van der Waals surface area contributed by atoms with Crippen LogP contribution < -0.4 is 16.0 Å². The van der Waals surface area contributed by atoms with E-state index in [0.29, 0.717) is 13.1 Å². The van der Waals surface area contributed by atoms with Crippen molar-refractivity contribution < 1.29 is 14.7 Å². The van der Waals surface area contributed by atoms with Crippen LogP contribution in [0.2, 0.25) is 0 Å². The van der Waals surface area contributed by atoms with Gasteiger partial charge in [0, 0.05) is 24.5 Å². The summed E-state index contributed by atoms with van der Waals surface area (Å²) in [4.78, 5) is 24.3. The molecule has 4 N–H and O–H groups in total. The zero-order chi connectivity index (χ0) is 13.3. The van der Waals surface area contributed by atoms with Crippen LogP contribution in [0.1, 0.15) is 17.3 Å². The van der Waals surface area contributed by atoms with Crippen molar-refractivity contribution in [2.75, 3.05) is 23.7 Å². The molecule has 0 aliphatic carbocycles. The van der Waals surface area contributed by atoms with E-state index >= 15 is 0 Å². The van der Waals surface area contributed by atoms with E-state index < -0.39 is 5.97 Å². The number of carboxylic acids is 1. The summed E-state index contributed by atoms with van der Waals surface area (Å²) in [5, 5.41) is 11.7. The summed E-state index contributed by atoms with van der Waals surface area (Å²) in [5.41, 5.74) is 6.75. The molecule has 1 saturated heterocycles. The lowest BCUT2D eigenvalue weighted by atomic mass is 10.1. The van der Waals surface area contributed by atoms with Gasteiger partial charge in [0.2, 0.25) is 5.91 Å². The molecule has 2 rings (SSSR count). The summed E-state index contributed by atoms with van der Waals surface area (Å²) in [5.74, 6) is -1.09. The van der Waals surface area contributed by atoms with Gasteiger partial charge in [-0.3, -0.25) is 4.79 Å². The number of carbonyl (C=O) groups is 2. The largest absolute Gasteiger partial charge is 0.478 e. The third-order valence-corrected chi connectivity index (χ3v) is 3.10. The van der Waals surface area contributed by atoms with Gasteiger partial charge in [-0.2, -0.15) is 0 Å². The lowest BCUT2D eigenvalue weighted by Gasteiger charge is -2.34. The second-order valence-electron chi connectivity index (χ2n) is 4.24. The molecule has 1 aromatic rings. The molecule has 0 radical (unpaired) electrons. The Hall–Kier alpha value is -2.24. The maximum absolute atomic E-state index is 11.6. The highest BCUT2D eigenvalue weighted by atomic mass is 16.4. The van der Waals surface area contributed by atoms with Crippen molar-refractivity contribution in [3.63, 3.8) is 0 Å². The number of carbonyl (C=O) groups excluding carboxylic acids is 1. The number of carboxylic acid groups (broad SMARTS) is 1. The van der Waals surface area contributed by atoms with Crippen molar-refractivity contribution in [1.29, 1.82) is 0 Å². The minimum Gasteiger partial charge on any atom is -0.478 e. The molecule has 0 saturated carbocycles. The number of benzene rings is 1. The van der Waals surface area contributed by atoms with Crippen molar-refractivity contribution in [2.24, 2.45) is 0 Å². The van der Waals surface area contributed by atoms with Crippen LogP contribution in [0, 0.1) is 0 Å². The fourth-order valence-corrected chi connectivity index (χ4v) is 2.06. The Balaban J connectivity index is 2.31. The SMILES string of the molecule is CC1C(=O)NCCN1c1ccc(C(=O)O)c(N)c1. The predicted molar refractivity (Wildman–Crippen MR) is 67.6 cm³/mol. The summed E-state index contributed by atoms with van der Waals surface area (Å²) in [6.45, 7) is 3.05. The van der Waals surface area contributed by atoms with Gasteiger partial charge in [0.1, 0.15) is 6.04 Å². The van der Waals surface area contributed by atoms with Crippen molar-refractivity contribution in [3.05, 3.63) is 23.8 Å². The van der Waals surface area contributed by atoms with Gasteiger partial charge in [0.25, 0.3) is 0 Å². The topological polar surface area (TPSA) is 95.7 Å². The second-order valence-corrected chi connectivity index (χ2v) is 4.24. The van der Waals surface area contributed by atoms with E-state index in [1.54, 1.807) is 19.1 Å². The Labute approximate surface area is 104 Å². The quantitative estimate of drug-likeness (QED) is 0.655. The molecule has 96 valence electrons. The normalized spacial score (nSPS) is 19.5. The van der Waals surface area contributed by atoms with Crippen molar-refractivity contribution in [1.82, 2.24) is 5.32 Å². The molecule has 1 fully saturated rings. The number of nitrogens with one attached hydrogen (secondary N) is 1. The number of nitrogens with two attached hydrogens (primary N) is 1. The number of nitrogen functional groups attached to an aromatic ring is 1. The minimum atomic E-state index is -1.05. The van der Waals surface area contributed by atoms with Crippen LogP contribution in [0.4, 0.5) is 11.4 Å². The van der Waals surface area contributed by atoms with Gasteiger partial charge in [-0.05, 0) is 25.1 Å². The molecule has 0 spiro atoms. The van der Waals surface area contributed by atoms with Crippen LogP contribution in [0.3, 0.4) is 0 Å². The molecule has 1 aliphatic heterocycles. The van der Waals surface area contributed by atoms with E-state index in [4.69, 9.17) is 10.8 Å². The molecule has 1 atom stereocenters. The Morgan fingerprint density at radius 2 is 2.28 bits per heavy atom. The van der Waals surface area contributed by atoms with Crippen LogP contribution in [0.25, 0.3) is 0 Å². The summed E-state index contributed by atoms with van der Waals surface area (Å²) in [6.07, 6.45) is 0. The molecule has 1 unspecified atom stereocenters. The van der Waals surface area contributed by atoms with E-state index in [0.717, 1.165) is 5.69 Å². The number of piperazine rings is 1. The third-order valence-electron chi connectivity index (χ3n) is 3.10. The number of nitrogens with zero attached hydrogens (tertiary/aromatic N) is 1. The van der Waals surface area contributed by atoms with E-state index in [9.17, 15) is 9.59 Å². The molecule has 1 heterocycles. The van der Waals surface area contributed by atoms with Gasteiger partial charge < -0.3 is 21.1 Å². The third kappa shape index (κ3) is 2.09. The van der Waals surface area contributed by atoms with E-state index in [1.165, 1.54) is 6.07 Å². The van der Waals surface area contributed by atoms with Crippen molar-refractivity contribution >= 4 is 23.3 Å². The van der Waals surface area contributed by atoms with Gasteiger partial charge in [-0.25, -0.2) is 4.79 Å². The van der Waals surface area contributed by atoms with Gasteiger partial charge in [0.05, 0.1) is 5.56 Å². The molecule has 0 bridgehead atoms. The van der Waals surface area contributed by atoms with Gasteiger partial charge >= 0.3 is 5.97 Å². The highest BCUT2D eigenvalue weighted by Crippen LogP contribution is 2.24. The number of anilines is 2. The van der Waals surface area contributed by atoms with Crippen LogP contribution in [-0.4, -0.2) is 36.1 Å². The Morgan fingerprint density at radius 3 is 2.89 bits per heavy atom. The van der Waals surface area contributed by atoms with Crippen molar-refractivity contribution in [3.8, 4) is 0 Å². The fraction of sp³-hybridized carbons (Fsp3) is 0.333. The summed E-state index contributed by atoms with van der Waals surface area (Å²) in [7, 11) is 0. The average molecular weight is 249 g/mol. The molecule has 6 heteroatoms. The summed E-state index contributed by atoms with van der Waals surface area (Å²) >= 11 is 0. The summed E-state index contributed by atoms with van der Waals surface area (Å²) in [6, 6.07) is 4.45. The first-order valence-corrected chi connectivity index (χ1v) is 5.68. The summed E-state index contributed by atoms with van der Waals surface area (Å²) < 4.78 is 0. The first-order valence-electron chi connectivity index (χ1n) is 5.68. The molecule has 1 aliphatic rings. The Kier molecular flexibility index (Phi) is 3.10. The van der Waals surface area contributed by atoms with Gasteiger partial charge in [0.15, 0.2) is 0 Å². The number of rotatable bonds is 2. The molecule has 1 aromatic carbocycles. The highest BCUT2D eigenvalue weighted by molar-refractivity contribution is 5.95. The maximum Gasteiger partial charge on any atom is 0.337 e. The van der Waals surface area contributed by atoms with Crippen LogP contribution >= 0.6 is 0 Å². The van der Waals surface area contributed by atoms with Gasteiger partial charge in [-0.15, -0.1) is 0 Å².